The number of hydrogen-bond donors (Lipinski definition) is 2. The van der Waals surface area contributed by atoms with E-state index in [0.29, 0.717) is 17.8 Å². The van der Waals surface area contributed by atoms with E-state index in [1.54, 1.807) is 24.3 Å². The topological polar surface area (TPSA) is 67.4 Å². The van der Waals surface area contributed by atoms with Gasteiger partial charge in [0.05, 0.1) is 6.10 Å². The average Bonchev–Trinajstić information content (AvgIpc) is 2.54. The summed E-state index contributed by atoms with van der Waals surface area (Å²) in [5, 5.41) is 5.57. The Morgan fingerprint density at radius 2 is 1.76 bits per heavy atom. The van der Waals surface area contributed by atoms with Crippen LogP contribution in [0.3, 0.4) is 0 Å². The Labute approximate surface area is 148 Å². The molecule has 2 amide bonds. The molecular formula is C20H24N2O3. The molecule has 132 valence electrons. The number of rotatable bonds is 6. The zero-order valence-corrected chi connectivity index (χ0v) is 15.1. The molecule has 2 aromatic rings. The molecule has 0 aliphatic rings. The molecule has 0 fully saturated rings. The lowest BCUT2D eigenvalue weighted by Gasteiger charge is -2.13. The van der Waals surface area contributed by atoms with Crippen molar-refractivity contribution in [3.63, 3.8) is 0 Å². The fraction of sp³-hybridized carbons (Fsp3) is 0.300. The van der Waals surface area contributed by atoms with Gasteiger partial charge in [-0.2, -0.15) is 0 Å². The SMILES string of the molecule is CC(=O)Nc1ccc(C(=O)NCc2ccc(OC(C)C)c(C)c2)cc1. The first-order valence-electron chi connectivity index (χ1n) is 8.27. The van der Waals surface area contributed by atoms with Crippen LogP contribution in [0, 0.1) is 6.92 Å². The van der Waals surface area contributed by atoms with Crippen molar-refractivity contribution in [1.29, 1.82) is 0 Å². The van der Waals surface area contributed by atoms with Crippen molar-refractivity contribution >= 4 is 17.5 Å². The van der Waals surface area contributed by atoms with Crippen LogP contribution in [-0.4, -0.2) is 17.9 Å². The minimum Gasteiger partial charge on any atom is -0.491 e. The average molecular weight is 340 g/mol. The lowest BCUT2D eigenvalue weighted by atomic mass is 10.1. The first kappa shape index (κ1) is 18.5. The van der Waals surface area contributed by atoms with E-state index in [0.717, 1.165) is 16.9 Å². The zero-order chi connectivity index (χ0) is 18.4. The quantitative estimate of drug-likeness (QED) is 0.843. The van der Waals surface area contributed by atoms with Crippen LogP contribution in [0.25, 0.3) is 0 Å². The molecule has 5 nitrogen and oxygen atoms in total. The van der Waals surface area contributed by atoms with Crippen LogP contribution in [0.5, 0.6) is 5.75 Å². The van der Waals surface area contributed by atoms with E-state index >= 15 is 0 Å². The lowest BCUT2D eigenvalue weighted by molar-refractivity contribution is -0.114. The van der Waals surface area contributed by atoms with Gasteiger partial charge < -0.3 is 15.4 Å². The van der Waals surface area contributed by atoms with Crippen molar-refractivity contribution in [3.05, 3.63) is 59.2 Å². The van der Waals surface area contributed by atoms with E-state index in [1.807, 2.05) is 39.0 Å². The summed E-state index contributed by atoms with van der Waals surface area (Å²) >= 11 is 0. The Morgan fingerprint density at radius 3 is 2.32 bits per heavy atom. The van der Waals surface area contributed by atoms with Gasteiger partial charge in [-0.3, -0.25) is 9.59 Å². The molecule has 2 N–H and O–H groups in total. The zero-order valence-electron chi connectivity index (χ0n) is 15.1. The van der Waals surface area contributed by atoms with Gasteiger partial charge in [-0.1, -0.05) is 12.1 Å². The van der Waals surface area contributed by atoms with Crippen LogP contribution >= 0.6 is 0 Å². The molecule has 0 saturated carbocycles. The second kappa shape index (κ2) is 8.33. The standard InChI is InChI=1S/C20H24N2O3/c1-13(2)25-19-10-5-16(11-14(19)3)12-21-20(24)17-6-8-18(9-7-17)22-15(4)23/h5-11,13H,12H2,1-4H3,(H,21,24)(H,22,23). The van der Waals surface area contributed by atoms with E-state index in [9.17, 15) is 9.59 Å². The Hall–Kier alpha value is -2.82. The fourth-order valence-electron chi connectivity index (χ4n) is 2.40. The molecule has 0 bridgehead atoms. The van der Waals surface area contributed by atoms with Crippen LogP contribution in [-0.2, 0) is 11.3 Å². The van der Waals surface area contributed by atoms with Gasteiger partial charge in [0, 0.05) is 24.7 Å². The van der Waals surface area contributed by atoms with Gasteiger partial charge in [0.15, 0.2) is 0 Å². The monoisotopic (exact) mass is 340 g/mol. The maximum absolute atomic E-state index is 12.2. The minimum absolute atomic E-state index is 0.129. The molecule has 0 radical (unpaired) electrons. The number of aryl methyl sites for hydroxylation is 1. The number of nitrogens with one attached hydrogen (secondary N) is 2. The van der Waals surface area contributed by atoms with E-state index < -0.39 is 0 Å². The molecule has 0 aliphatic heterocycles. The number of carbonyl (C=O) groups is 2. The van der Waals surface area contributed by atoms with Gasteiger partial charge >= 0.3 is 0 Å². The molecule has 2 rings (SSSR count). The van der Waals surface area contributed by atoms with Gasteiger partial charge in [-0.25, -0.2) is 0 Å². The fourth-order valence-corrected chi connectivity index (χ4v) is 2.40. The molecule has 5 heteroatoms. The van der Waals surface area contributed by atoms with Gasteiger partial charge in [0.2, 0.25) is 5.91 Å². The highest BCUT2D eigenvalue weighted by atomic mass is 16.5. The third-order valence-electron chi connectivity index (χ3n) is 3.52. The van der Waals surface area contributed by atoms with Gasteiger partial charge in [-0.05, 0) is 62.2 Å². The van der Waals surface area contributed by atoms with Crippen LogP contribution in [0.1, 0.15) is 42.3 Å². The van der Waals surface area contributed by atoms with Crippen molar-refractivity contribution in [2.24, 2.45) is 0 Å². The number of hydrogen-bond acceptors (Lipinski definition) is 3. The van der Waals surface area contributed by atoms with E-state index in [1.165, 1.54) is 6.92 Å². The number of carbonyl (C=O) groups excluding carboxylic acids is 2. The summed E-state index contributed by atoms with van der Waals surface area (Å²) in [6, 6.07) is 12.7. The summed E-state index contributed by atoms with van der Waals surface area (Å²) < 4.78 is 5.72. The van der Waals surface area contributed by atoms with E-state index in [4.69, 9.17) is 4.74 Å². The second-order valence-electron chi connectivity index (χ2n) is 6.21. The predicted molar refractivity (Wildman–Crippen MR) is 98.9 cm³/mol. The molecule has 0 aromatic heterocycles. The molecule has 0 aliphatic carbocycles. The molecule has 0 heterocycles. The molecule has 0 atom stereocenters. The molecular weight excluding hydrogens is 316 g/mol. The first-order chi connectivity index (χ1) is 11.8. The van der Waals surface area contributed by atoms with Crippen molar-refractivity contribution in [2.45, 2.75) is 40.3 Å². The van der Waals surface area contributed by atoms with Crippen LogP contribution in [0.15, 0.2) is 42.5 Å². The lowest BCUT2D eigenvalue weighted by Crippen LogP contribution is -2.22. The number of amides is 2. The van der Waals surface area contributed by atoms with Crippen LogP contribution in [0.2, 0.25) is 0 Å². The smallest absolute Gasteiger partial charge is 0.251 e. The van der Waals surface area contributed by atoms with Gasteiger partial charge in [-0.15, -0.1) is 0 Å². The highest BCUT2D eigenvalue weighted by Crippen LogP contribution is 2.20. The summed E-state index contributed by atoms with van der Waals surface area (Å²) in [4.78, 5) is 23.2. The van der Waals surface area contributed by atoms with E-state index in [2.05, 4.69) is 10.6 Å². The highest BCUT2D eigenvalue weighted by molar-refractivity contribution is 5.95. The largest absolute Gasteiger partial charge is 0.491 e. The van der Waals surface area contributed by atoms with Crippen molar-refractivity contribution in [1.82, 2.24) is 5.32 Å². The van der Waals surface area contributed by atoms with Crippen LogP contribution in [0.4, 0.5) is 5.69 Å². The van der Waals surface area contributed by atoms with Gasteiger partial charge in [0.25, 0.3) is 5.91 Å². The Morgan fingerprint density at radius 1 is 1.08 bits per heavy atom. The minimum atomic E-state index is -0.158. The predicted octanol–water partition coefficient (Wildman–Crippen LogP) is 3.67. The summed E-state index contributed by atoms with van der Waals surface area (Å²) in [6.07, 6.45) is 0.129. The second-order valence-corrected chi connectivity index (χ2v) is 6.21. The maximum Gasteiger partial charge on any atom is 0.251 e. The number of ether oxygens (including phenoxy) is 1. The summed E-state index contributed by atoms with van der Waals surface area (Å²) in [7, 11) is 0. The highest BCUT2D eigenvalue weighted by Gasteiger charge is 2.07. The number of benzene rings is 2. The molecule has 2 aromatic carbocycles. The molecule has 25 heavy (non-hydrogen) atoms. The third-order valence-corrected chi connectivity index (χ3v) is 3.52. The normalized spacial score (nSPS) is 10.4. The number of anilines is 1. The Kier molecular flexibility index (Phi) is 6.17. The Bertz CT molecular complexity index is 752. The maximum atomic E-state index is 12.2. The Balaban J connectivity index is 1.95. The summed E-state index contributed by atoms with van der Waals surface area (Å²) in [6.45, 7) is 7.86. The van der Waals surface area contributed by atoms with E-state index in [-0.39, 0.29) is 17.9 Å². The molecule has 0 saturated heterocycles. The first-order valence-corrected chi connectivity index (χ1v) is 8.27. The molecule has 0 spiro atoms. The van der Waals surface area contributed by atoms with Crippen molar-refractivity contribution in [3.8, 4) is 5.75 Å². The summed E-state index contributed by atoms with van der Waals surface area (Å²) in [5.41, 5.74) is 3.27. The molecule has 0 unspecified atom stereocenters. The van der Waals surface area contributed by atoms with Crippen LogP contribution < -0.4 is 15.4 Å². The van der Waals surface area contributed by atoms with Gasteiger partial charge in [0.1, 0.15) is 5.75 Å². The summed E-state index contributed by atoms with van der Waals surface area (Å²) in [5.74, 6) is 0.561. The van der Waals surface area contributed by atoms with Crippen molar-refractivity contribution < 1.29 is 14.3 Å². The third kappa shape index (κ3) is 5.64. The van der Waals surface area contributed by atoms with Crippen molar-refractivity contribution in [2.75, 3.05) is 5.32 Å².